The molecule has 0 radical (unpaired) electrons. The molecule has 0 spiro atoms. The summed E-state index contributed by atoms with van der Waals surface area (Å²) in [7, 11) is 0. The SMILES string of the molecule is CCCCC(NC(=O)c1cnn(-c2ccccn2)c1CC)C(=O)O. The Balaban J connectivity index is 2.23. The van der Waals surface area contributed by atoms with Crippen molar-refractivity contribution in [2.45, 2.75) is 45.6 Å². The number of aliphatic carboxylic acids is 1. The smallest absolute Gasteiger partial charge is 0.326 e. The van der Waals surface area contributed by atoms with E-state index in [1.54, 1.807) is 23.0 Å². The maximum atomic E-state index is 12.5. The van der Waals surface area contributed by atoms with Gasteiger partial charge in [0.1, 0.15) is 6.04 Å². The monoisotopic (exact) mass is 330 g/mol. The lowest BCUT2D eigenvalue weighted by Crippen LogP contribution is -2.41. The van der Waals surface area contributed by atoms with Crippen LogP contribution in [0.1, 0.15) is 49.2 Å². The van der Waals surface area contributed by atoms with E-state index in [4.69, 9.17) is 0 Å². The van der Waals surface area contributed by atoms with Crippen molar-refractivity contribution in [3.05, 3.63) is 41.9 Å². The van der Waals surface area contributed by atoms with Gasteiger partial charge >= 0.3 is 5.97 Å². The molecule has 128 valence electrons. The fourth-order valence-corrected chi connectivity index (χ4v) is 2.48. The Morgan fingerprint density at radius 1 is 1.33 bits per heavy atom. The van der Waals surface area contributed by atoms with Crippen molar-refractivity contribution in [1.29, 1.82) is 0 Å². The van der Waals surface area contributed by atoms with Gasteiger partial charge < -0.3 is 10.4 Å². The fraction of sp³-hybridized carbons (Fsp3) is 0.412. The van der Waals surface area contributed by atoms with E-state index in [-0.39, 0.29) is 0 Å². The van der Waals surface area contributed by atoms with Crippen LogP contribution in [0.5, 0.6) is 0 Å². The number of carbonyl (C=O) groups is 2. The maximum absolute atomic E-state index is 12.5. The molecule has 0 bridgehead atoms. The van der Waals surface area contributed by atoms with Gasteiger partial charge in [-0.1, -0.05) is 32.8 Å². The molecule has 2 heterocycles. The molecule has 0 aromatic carbocycles. The number of aromatic nitrogens is 3. The van der Waals surface area contributed by atoms with Gasteiger partial charge in [-0.05, 0) is 25.0 Å². The van der Waals surface area contributed by atoms with Crippen LogP contribution in [-0.2, 0) is 11.2 Å². The van der Waals surface area contributed by atoms with Crippen LogP contribution in [0.4, 0.5) is 0 Å². The number of unbranched alkanes of at least 4 members (excludes halogenated alkanes) is 1. The molecule has 1 amide bonds. The Hall–Kier alpha value is -2.70. The Morgan fingerprint density at radius 2 is 2.12 bits per heavy atom. The van der Waals surface area contributed by atoms with Crippen molar-refractivity contribution in [1.82, 2.24) is 20.1 Å². The van der Waals surface area contributed by atoms with Crippen molar-refractivity contribution in [3.8, 4) is 5.82 Å². The number of amides is 1. The first-order valence-electron chi connectivity index (χ1n) is 8.10. The van der Waals surface area contributed by atoms with Crippen LogP contribution in [0.25, 0.3) is 5.82 Å². The predicted octanol–water partition coefficient (Wildman–Crippen LogP) is 2.20. The molecule has 7 heteroatoms. The summed E-state index contributed by atoms with van der Waals surface area (Å²) in [5.41, 5.74) is 1.08. The molecule has 7 nitrogen and oxygen atoms in total. The summed E-state index contributed by atoms with van der Waals surface area (Å²) >= 11 is 0. The van der Waals surface area contributed by atoms with E-state index in [0.717, 1.165) is 12.8 Å². The van der Waals surface area contributed by atoms with Gasteiger partial charge in [0, 0.05) is 6.20 Å². The van der Waals surface area contributed by atoms with Crippen LogP contribution in [-0.4, -0.2) is 37.8 Å². The number of carboxylic acids is 1. The molecule has 1 unspecified atom stereocenters. The van der Waals surface area contributed by atoms with E-state index >= 15 is 0 Å². The number of pyridine rings is 1. The van der Waals surface area contributed by atoms with Crippen molar-refractivity contribution in [3.63, 3.8) is 0 Å². The third-order valence-corrected chi connectivity index (χ3v) is 3.76. The van der Waals surface area contributed by atoms with E-state index in [9.17, 15) is 14.7 Å². The van der Waals surface area contributed by atoms with E-state index in [2.05, 4.69) is 15.4 Å². The van der Waals surface area contributed by atoms with Gasteiger partial charge in [-0.2, -0.15) is 5.10 Å². The number of hydrogen-bond acceptors (Lipinski definition) is 4. The Morgan fingerprint density at radius 3 is 2.71 bits per heavy atom. The number of carbonyl (C=O) groups excluding carboxylic acids is 1. The molecule has 2 N–H and O–H groups in total. The maximum Gasteiger partial charge on any atom is 0.326 e. The molecular weight excluding hydrogens is 308 g/mol. The lowest BCUT2D eigenvalue weighted by atomic mass is 10.1. The summed E-state index contributed by atoms with van der Waals surface area (Å²) in [5.74, 6) is -0.821. The topological polar surface area (TPSA) is 97.1 Å². The standard InChI is InChI=1S/C17H22N4O3/c1-3-5-8-13(17(23)24)20-16(22)12-11-19-21(14(12)4-2)15-9-6-7-10-18-15/h6-7,9-11,13H,3-5,8H2,1-2H3,(H,20,22)(H,23,24). The Kier molecular flexibility index (Phi) is 6.06. The van der Waals surface area contributed by atoms with Crippen molar-refractivity contribution < 1.29 is 14.7 Å². The second-order valence-corrected chi connectivity index (χ2v) is 5.46. The number of rotatable bonds is 8. The average molecular weight is 330 g/mol. The molecule has 2 aromatic rings. The fourth-order valence-electron chi connectivity index (χ4n) is 2.48. The lowest BCUT2D eigenvalue weighted by molar-refractivity contribution is -0.139. The molecular formula is C17H22N4O3. The van der Waals surface area contributed by atoms with E-state index in [0.29, 0.717) is 29.9 Å². The quantitative estimate of drug-likeness (QED) is 0.773. The van der Waals surface area contributed by atoms with E-state index in [1.807, 2.05) is 19.9 Å². The molecule has 2 aromatic heterocycles. The van der Waals surface area contributed by atoms with Crippen molar-refractivity contribution >= 4 is 11.9 Å². The largest absolute Gasteiger partial charge is 0.480 e. The first-order valence-corrected chi connectivity index (χ1v) is 8.10. The van der Waals surface area contributed by atoms with Crippen LogP contribution in [0.2, 0.25) is 0 Å². The Bertz CT molecular complexity index is 697. The summed E-state index contributed by atoms with van der Waals surface area (Å²) < 4.78 is 1.61. The van der Waals surface area contributed by atoms with Crippen LogP contribution in [0.3, 0.4) is 0 Å². The minimum Gasteiger partial charge on any atom is -0.480 e. The lowest BCUT2D eigenvalue weighted by Gasteiger charge is -2.14. The molecule has 0 aliphatic heterocycles. The van der Waals surface area contributed by atoms with Gasteiger partial charge in [0.05, 0.1) is 17.5 Å². The zero-order chi connectivity index (χ0) is 17.5. The number of nitrogens with one attached hydrogen (secondary N) is 1. The number of hydrogen-bond donors (Lipinski definition) is 2. The summed E-state index contributed by atoms with van der Waals surface area (Å²) in [4.78, 5) is 28.0. The summed E-state index contributed by atoms with van der Waals surface area (Å²) in [6.45, 7) is 3.89. The summed E-state index contributed by atoms with van der Waals surface area (Å²) in [5, 5.41) is 16.1. The van der Waals surface area contributed by atoms with Crippen LogP contribution in [0, 0.1) is 0 Å². The molecule has 24 heavy (non-hydrogen) atoms. The minimum absolute atomic E-state index is 0.380. The number of carboxylic acid groups (broad SMARTS) is 1. The normalized spacial score (nSPS) is 11.9. The summed E-state index contributed by atoms with van der Waals surface area (Å²) in [6.07, 6.45) is 5.71. The van der Waals surface area contributed by atoms with Crippen LogP contribution < -0.4 is 5.32 Å². The highest BCUT2D eigenvalue weighted by molar-refractivity contribution is 5.97. The van der Waals surface area contributed by atoms with Gasteiger partial charge in [0.25, 0.3) is 5.91 Å². The van der Waals surface area contributed by atoms with Gasteiger partial charge in [0.2, 0.25) is 0 Å². The van der Waals surface area contributed by atoms with Gasteiger partial charge in [0.15, 0.2) is 5.82 Å². The van der Waals surface area contributed by atoms with Crippen LogP contribution >= 0.6 is 0 Å². The van der Waals surface area contributed by atoms with Crippen LogP contribution in [0.15, 0.2) is 30.6 Å². The highest BCUT2D eigenvalue weighted by atomic mass is 16.4. The third kappa shape index (κ3) is 3.98. The first-order chi connectivity index (χ1) is 11.6. The molecule has 2 rings (SSSR count). The van der Waals surface area contributed by atoms with Crippen molar-refractivity contribution in [2.75, 3.05) is 0 Å². The second kappa shape index (κ2) is 8.24. The highest BCUT2D eigenvalue weighted by Crippen LogP contribution is 2.15. The summed E-state index contributed by atoms with van der Waals surface area (Å²) in [6, 6.07) is 4.56. The molecule has 0 aliphatic rings. The molecule has 1 atom stereocenters. The zero-order valence-electron chi connectivity index (χ0n) is 13.9. The molecule has 0 saturated carbocycles. The van der Waals surface area contributed by atoms with Crippen molar-refractivity contribution in [2.24, 2.45) is 0 Å². The molecule has 0 aliphatic carbocycles. The van der Waals surface area contributed by atoms with Gasteiger partial charge in [-0.3, -0.25) is 4.79 Å². The highest BCUT2D eigenvalue weighted by Gasteiger charge is 2.23. The second-order valence-electron chi connectivity index (χ2n) is 5.46. The van der Waals surface area contributed by atoms with E-state index < -0.39 is 17.9 Å². The third-order valence-electron chi connectivity index (χ3n) is 3.76. The first kappa shape index (κ1) is 17.7. The van der Waals surface area contributed by atoms with Gasteiger partial charge in [-0.25, -0.2) is 14.5 Å². The predicted molar refractivity (Wildman–Crippen MR) is 89.2 cm³/mol. The number of nitrogens with zero attached hydrogens (tertiary/aromatic N) is 3. The van der Waals surface area contributed by atoms with E-state index in [1.165, 1.54) is 6.20 Å². The molecule has 0 fully saturated rings. The molecule has 0 saturated heterocycles. The zero-order valence-corrected chi connectivity index (χ0v) is 13.9. The Labute approximate surface area is 140 Å². The average Bonchev–Trinajstić information content (AvgIpc) is 3.03. The minimum atomic E-state index is -1.02. The van der Waals surface area contributed by atoms with Gasteiger partial charge in [-0.15, -0.1) is 0 Å².